The normalized spacial score (nSPS) is 15.3. The van der Waals surface area contributed by atoms with Gasteiger partial charge in [0.25, 0.3) is 0 Å². The molecular formula is C18H22N4O3. The van der Waals surface area contributed by atoms with Crippen LogP contribution in [0.3, 0.4) is 0 Å². The number of rotatable bonds is 6. The number of Topliss-reactive ketones (excluding diaryl/α,β-unsaturated/α-hetero) is 1. The summed E-state index contributed by atoms with van der Waals surface area (Å²) in [7, 11) is 0. The van der Waals surface area contributed by atoms with Gasteiger partial charge in [-0.15, -0.1) is 0 Å². The van der Waals surface area contributed by atoms with Crippen LogP contribution in [-0.2, 0) is 11.3 Å². The summed E-state index contributed by atoms with van der Waals surface area (Å²) in [5.41, 5.74) is 0.663. The van der Waals surface area contributed by atoms with E-state index in [4.69, 9.17) is 4.52 Å². The maximum atomic E-state index is 12.3. The Kier molecular flexibility index (Phi) is 5.55. The highest BCUT2D eigenvalue weighted by Gasteiger charge is 2.22. The zero-order chi connectivity index (χ0) is 17.6. The Labute approximate surface area is 146 Å². The summed E-state index contributed by atoms with van der Waals surface area (Å²) >= 11 is 0. The predicted octanol–water partition coefficient (Wildman–Crippen LogP) is 1.69. The fraction of sp³-hybridized carbons (Fsp3) is 0.444. The maximum absolute atomic E-state index is 12.3. The van der Waals surface area contributed by atoms with Crippen LogP contribution in [0, 0.1) is 6.92 Å². The molecule has 0 atom stereocenters. The molecule has 132 valence electrons. The summed E-state index contributed by atoms with van der Waals surface area (Å²) in [6.07, 6.45) is 0.517. The lowest BCUT2D eigenvalue weighted by atomic mass is 10.1. The molecule has 1 fully saturated rings. The summed E-state index contributed by atoms with van der Waals surface area (Å²) in [5.74, 6) is 1.29. The highest BCUT2D eigenvalue weighted by molar-refractivity contribution is 5.97. The van der Waals surface area contributed by atoms with Crippen molar-refractivity contribution in [3.8, 4) is 0 Å². The van der Waals surface area contributed by atoms with Crippen molar-refractivity contribution in [1.82, 2.24) is 19.9 Å². The van der Waals surface area contributed by atoms with Gasteiger partial charge in [0.1, 0.15) is 0 Å². The summed E-state index contributed by atoms with van der Waals surface area (Å²) in [6, 6.07) is 9.10. The van der Waals surface area contributed by atoms with Gasteiger partial charge in [0.15, 0.2) is 11.6 Å². The highest BCUT2D eigenvalue weighted by Crippen LogP contribution is 2.10. The van der Waals surface area contributed by atoms with Crippen LogP contribution in [-0.4, -0.2) is 57.8 Å². The quantitative estimate of drug-likeness (QED) is 0.743. The van der Waals surface area contributed by atoms with E-state index in [0.717, 1.165) is 13.1 Å². The number of hydrogen-bond acceptors (Lipinski definition) is 6. The Hall–Kier alpha value is -2.54. The van der Waals surface area contributed by atoms with Gasteiger partial charge < -0.3 is 9.42 Å². The van der Waals surface area contributed by atoms with Crippen molar-refractivity contribution in [2.75, 3.05) is 26.2 Å². The average molecular weight is 342 g/mol. The zero-order valence-electron chi connectivity index (χ0n) is 14.4. The number of piperazine rings is 1. The van der Waals surface area contributed by atoms with Crippen LogP contribution in [0.15, 0.2) is 34.9 Å². The summed E-state index contributed by atoms with van der Waals surface area (Å²) in [4.78, 5) is 32.6. The van der Waals surface area contributed by atoms with Gasteiger partial charge in [-0.25, -0.2) is 0 Å². The third kappa shape index (κ3) is 4.73. The molecule has 1 saturated heterocycles. The molecule has 25 heavy (non-hydrogen) atoms. The molecule has 1 amide bonds. The number of carbonyl (C=O) groups excluding carboxylic acids is 2. The number of hydrogen-bond donors (Lipinski definition) is 0. The molecule has 0 aliphatic carbocycles. The SMILES string of the molecule is Cc1nc(CN2CCN(C(=O)CCC(=O)c3ccccc3)CC2)no1. The molecule has 2 aromatic rings. The van der Waals surface area contributed by atoms with Gasteiger partial charge in [-0.3, -0.25) is 14.5 Å². The fourth-order valence-corrected chi connectivity index (χ4v) is 2.91. The van der Waals surface area contributed by atoms with E-state index in [1.807, 2.05) is 23.1 Å². The number of carbonyl (C=O) groups is 2. The van der Waals surface area contributed by atoms with E-state index in [1.165, 1.54) is 0 Å². The molecule has 0 N–H and O–H groups in total. The minimum absolute atomic E-state index is 0.0139. The Morgan fingerprint density at radius 2 is 1.80 bits per heavy atom. The first-order valence-electron chi connectivity index (χ1n) is 8.49. The van der Waals surface area contributed by atoms with Crippen LogP contribution in [0.4, 0.5) is 0 Å². The Morgan fingerprint density at radius 3 is 2.44 bits per heavy atom. The second-order valence-corrected chi connectivity index (χ2v) is 6.18. The zero-order valence-corrected chi connectivity index (χ0v) is 14.4. The molecule has 0 spiro atoms. The lowest BCUT2D eigenvalue weighted by molar-refractivity contribution is -0.133. The average Bonchev–Trinajstić information content (AvgIpc) is 3.05. The van der Waals surface area contributed by atoms with Gasteiger partial charge in [0, 0.05) is 51.5 Å². The third-order valence-corrected chi connectivity index (χ3v) is 4.32. The third-order valence-electron chi connectivity index (χ3n) is 4.32. The van der Waals surface area contributed by atoms with Crippen LogP contribution < -0.4 is 0 Å². The van der Waals surface area contributed by atoms with E-state index >= 15 is 0 Å². The van der Waals surface area contributed by atoms with Gasteiger partial charge in [-0.2, -0.15) is 4.98 Å². The molecule has 0 bridgehead atoms. The highest BCUT2D eigenvalue weighted by atomic mass is 16.5. The first-order valence-corrected chi connectivity index (χ1v) is 8.49. The predicted molar refractivity (Wildman–Crippen MR) is 90.9 cm³/mol. The van der Waals surface area contributed by atoms with Gasteiger partial charge in [0.2, 0.25) is 11.8 Å². The first kappa shape index (κ1) is 17.3. The standard InChI is InChI=1S/C18H22N4O3/c1-14-19-17(20-25-14)13-21-9-11-22(12-10-21)18(24)8-7-16(23)15-5-3-2-4-6-15/h2-6H,7-13H2,1H3. The Morgan fingerprint density at radius 1 is 1.08 bits per heavy atom. The number of amides is 1. The lowest BCUT2D eigenvalue weighted by Gasteiger charge is -2.34. The van der Waals surface area contributed by atoms with E-state index in [2.05, 4.69) is 15.0 Å². The number of aromatic nitrogens is 2. The van der Waals surface area contributed by atoms with Crippen LogP contribution in [0.1, 0.15) is 34.9 Å². The molecule has 0 radical (unpaired) electrons. The van der Waals surface area contributed by atoms with Gasteiger partial charge in [-0.05, 0) is 0 Å². The molecule has 7 heteroatoms. The van der Waals surface area contributed by atoms with Gasteiger partial charge in [0.05, 0.1) is 6.54 Å². The topological polar surface area (TPSA) is 79.5 Å². The molecule has 1 aromatic carbocycles. The molecule has 2 heterocycles. The van der Waals surface area contributed by atoms with Crippen molar-refractivity contribution in [3.05, 3.63) is 47.6 Å². The number of ketones is 1. The first-order chi connectivity index (χ1) is 12.1. The lowest BCUT2D eigenvalue weighted by Crippen LogP contribution is -2.48. The Bertz CT molecular complexity index is 721. The van der Waals surface area contributed by atoms with Crippen molar-refractivity contribution >= 4 is 11.7 Å². The van der Waals surface area contributed by atoms with Crippen molar-refractivity contribution < 1.29 is 14.1 Å². The van der Waals surface area contributed by atoms with E-state index in [9.17, 15) is 9.59 Å². The molecule has 0 saturated carbocycles. The van der Waals surface area contributed by atoms with Crippen molar-refractivity contribution in [1.29, 1.82) is 0 Å². The summed E-state index contributed by atoms with van der Waals surface area (Å²) in [5, 5.41) is 3.90. The summed E-state index contributed by atoms with van der Waals surface area (Å²) in [6.45, 7) is 5.26. The fourth-order valence-electron chi connectivity index (χ4n) is 2.91. The molecule has 1 aliphatic heterocycles. The van der Waals surface area contributed by atoms with Crippen LogP contribution in [0.2, 0.25) is 0 Å². The van der Waals surface area contributed by atoms with Crippen molar-refractivity contribution in [3.63, 3.8) is 0 Å². The van der Waals surface area contributed by atoms with E-state index < -0.39 is 0 Å². The maximum Gasteiger partial charge on any atom is 0.223 e. The molecule has 1 aromatic heterocycles. The van der Waals surface area contributed by atoms with E-state index in [1.54, 1.807) is 19.1 Å². The van der Waals surface area contributed by atoms with Gasteiger partial charge in [-0.1, -0.05) is 35.5 Å². The molecule has 7 nitrogen and oxygen atoms in total. The minimum atomic E-state index is 0.0139. The monoisotopic (exact) mass is 342 g/mol. The number of aryl methyl sites for hydroxylation is 1. The van der Waals surface area contributed by atoms with Crippen LogP contribution >= 0.6 is 0 Å². The minimum Gasteiger partial charge on any atom is -0.340 e. The van der Waals surface area contributed by atoms with E-state index in [-0.39, 0.29) is 24.5 Å². The molecule has 1 aliphatic rings. The smallest absolute Gasteiger partial charge is 0.223 e. The number of benzene rings is 1. The summed E-state index contributed by atoms with van der Waals surface area (Å²) < 4.78 is 4.97. The van der Waals surface area contributed by atoms with Crippen molar-refractivity contribution in [2.24, 2.45) is 0 Å². The Balaban J connectivity index is 1.41. The van der Waals surface area contributed by atoms with E-state index in [0.29, 0.717) is 36.9 Å². The molecule has 0 unspecified atom stereocenters. The second kappa shape index (κ2) is 8.02. The van der Waals surface area contributed by atoms with Gasteiger partial charge >= 0.3 is 0 Å². The van der Waals surface area contributed by atoms with Crippen molar-refractivity contribution in [2.45, 2.75) is 26.3 Å². The number of nitrogens with zero attached hydrogens (tertiary/aromatic N) is 4. The molecule has 3 rings (SSSR count). The molecular weight excluding hydrogens is 320 g/mol. The van der Waals surface area contributed by atoms with Crippen LogP contribution in [0.5, 0.6) is 0 Å². The van der Waals surface area contributed by atoms with Crippen LogP contribution in [0.25, 0.3) is 0 Å². The largest absolute Gasteiger partial charge is 0.340 e. The second-order valence-electron chi connectivity index (χ2n) is 6.18.